The number of thiophene rings is 1. The van der Waals surface area contributed by atoms with Crippen LogP contribution in [0.5, 0.6) is 0 Å². The van der Waals surface area contributed by atoms with Crippen molar-refractivity contribution < 1.29 is 9.90 Å². The van der Waals surface area contributed by atoms with Gasteiger partial charge in [-0.1, -0.05) is 20.8 Å². The number of amides is 1. The zero-order valence-electron chi connectivity index (χ0n) is 18.2. The number of nitrogens with one attached hydrogen (secondary N) is 1. The zero-order chi connectivity index (χ0) is 22.1. The van der Waals surface area contributed by atoms with Gasteiger partial charge in [0.1, 0.15) is 12.1 Å². The highest BCUT2D eigenvalue weighted by Gasteiger charge is 2.35. The summed E-state index contributed by atoms with van der Waals surface area (Å²) in [5, 5.41) is 13.7. The summed E-state index contributed by atoms with van der Waals surface area (Å²) in [6.07, 6.45) is 1.74. The Bertz CT molecular complexity index is 928. The molecule has 1 fully saturated rings. The third-order valence-corrected chi connectivity index (χ3v) is 7.87. The van der Waals surface area contributed by atoms with Crippen LogP contribution in [0.3, 0.4) is 0 Å². The van der Waals surface area contributed by atoms with Crippen LogP contribution >= 0.6 is 27.3 Å². The third kappa shape index (κ3) is 4.79. The first kappa shape index (κ1) is 22.6. The van der Waals surface area contributed by atoms with Crippen LogP contribution in [0.15, 0.2) is 22.2 Å². The van der Waals surface area contributed by atoms with E-state index in [0.717, 1.165) is 38.8 Å². The van der Waals surface area contributed by atoms with Gasteiger partial charge in [-0.05, 0) is 40.4 Å². The number of carbonyl (C=O) groups excluding carboxylic acids is 1. The van der Waals surface area contributed by atoms with E-state index < -0.39 is 6.10 Å². The summed E-state index contributed by atoms with van der Waals surface area (Å²) in [4.78, 5) is 27.6. The summed E-state index contributed by atoms with van der Waals surface area (Å²) < 4.78 is 1.04. The highest BCUT2D eigenvalue weighted by molar-refractivity contribution is 9.11. The molecule has 168 valence electrons. The van der Waals surface area contributed by atoms with Crippen LogP contribution in [0, 0.1) is 0 Å². The van der Waals surface area contributed by atoms with Crippen molar-refractivity contribution in [3.05, 3.63) is 38.4 Å². The number of aromatic nitrogens is 2. The Labute approximate surface area is 196 Å². The Balaban J connectivity index is 1.46. The van der Waals surface area contributed by atoms with E-state index in [1.54, 1.807) is 17.7 Å². The Kier molecular flexibility index (Phi) is 6.95. The lowest BCUT2D eigenvalue weighted by atomic mass is 10.0. The first-order valence-corrected chi connectivity index (χ1v) is 12.5. The summed E-state index contributed by atoms with van der Waals surface area (Å²) in [5.74, 6) is 1.16. The maximum absolute atomic E-state index is 13.4. The highest BCUT2D eigenvalue weighted by Crippen LogP contribution is 2.42. The predicted molar refractivity (Wildman–Crippen MR) is 127 cm³/mol. The summed E-state index contributed by atoms with van der Waals surface area (Å²) >= 11 is 5.16. The Morgan fingerprint density at radius 3 is 2.68 bits per heavy atom. The molecule has 3 heterocycles. The molecule has 7 nitrogen and oxygen atoms in total. The molecule has 1 amide bonds. The second-order valence-corrected chi connectivity index (χ2v) is 11.2. The van der Waals surface area contributed by atoms with Crippen molar-refractivity contribution in [3.8, 4) is 0 Å². The monoisotopic (exact) mass is 507 g/mol. The fourth-order valence-corrected chi connectivity index (χ4v) is 6.01. The number of carbonyl (C=O) groups is 1. The summed E-state index contributed by atoms with van der Waals surface area (Å²) in [5.41, 5.74) is 1.83. The van der Waals surface area contributed by atoms with Crippen molar-refractivity contribution >= 4 is 39.0 Å². The van der Waals surface area contributed by atoms with Crippen molar-refractivity contribution in [2.75, 3.05) is 37.6 Å². The Morgan fingerprint density at radius 2 is 2.03 bits per heavy atom. The van der Waals surface area contributed by atoms with E-state index in [2.05, 4.69) is 56.9 Å². The van der Waals surface area contributed by atoms with E-state index in [4.69, 9.17) is 0 Å². The third-order valence-electron chi connectivity index (χ3n) is 6.14. The Morgan fingerprint density at radius 1 is 1.29 bits per heavy atom. The molecule has 9 heteroatoms. The average Bonchev–Trinajstić information content (AvgIpc) is 3.31. The second-order valence-electron chi connectivity index (χ2n) is 8.72. The molecule has 2 aromatic rings. The molecule has 2 aromatic heterocycles. The number of nitrogens with zero attached hydrogens (tertiary/aromatic N) is 4. The largest absolute Gasteiger partial charge is 0.387 e. The second kappa shape index (κ2) is 9.52. The molecule has 2 aliphatic rings. The van der Waals surface area contributed by atoms with Gasteiger partial charge < -0.3 is 20.2 Å². The molecule has 0 spiro atoms. The van der Waals surface area contributed by atoms with Crippen molar-refractivity contribution in [3.63, 3.8) is 0 Å². The van der Waals surface area contributed by atoms with Crippen LogP contribution in [-0.2, 0) is 4.79 Å². The van der Waals surface area contributed by atoms with Gasteiger partial charge in [-0.2, -0.15) is 0 Å². The zero-order valence-corrected chi connectivity index (χ0v) is 20.6. The molecule has 31 heavy (non-hydrogen) atoms. The molecule has 3 atom stereocenters. The van der Waals surface area contributed by atoms with Gasteiger partial charge in [0.25, 0.3) is 0 Å². The van der Waals surface area contributed by atoms with Gasteiger partial charge in [0.05, 0.1) is 21.5 Å². The van der Waals surface area contributed by atoms with E-state index in [-0.39, 0.29) is 17.7 Å². The van der Waals surface area contributed by atoms with Crippen molar-refractivity contribution in [1.82, 2.24) is 20.2 Å². The van der Waals surface area contributed by atoms with Crippen LogP contribution in [0.4, 0.5) is 5.82 Å². The normalized spacial score (nSPS) is 22.1. The number of halogens is 1. The summed E-state index contributed by atoms with van der Waals surface area (Å²) in [6, 6.07) is 4.39. The minimum absolute atomic E-state index is 0.177. The van der Waals surface area contributed by atoms with Gasteiger partial charge in [-0.3, -0.25) is 4.79 Å². The molecule has 1 saturated heterocycles. The van der Waals surface area contributed by atoms with Crippen LogP contribution in [0.25, 0.3) is 0 Å². The number of aliphatic hydroxyl groups excluding tert-OH is 1. The molecule has 0 bridgehead atoms. The molecule has 2 N–H and O–H groups in total. The molecular formula is C22H30BrN5O2S. The number of piperazine rings is 1. The van der Waals surface area contributed by atoms with Crippen molar-refractivity contribution in [2.45, 2.75) is 51.2 Å². The molecular weight excluding hydrogens is 478 g/mol. The fraction of sp³-hybridized carbons (Fsp3) is 0.591. The standard InChI is InChI=1S/C22H30BrN5O2S/c1-13(2)24-11-15(17-4-5-18(23)31-17)22(30)28-8-6-27(7-9-28)21-19-14(3)10-16(29)20(19)25-12-26-21/h4-5,12-16,24,29H,6-11H2,1-3H3/t14-,15?,16?/m1/s1. The van der Waals surface area contributed by atoms with E-state index in [1.807, 2.05) is 17.0 Å². The minimum atomic E-state index is -0.506. The number of aliphatic hydroxyl groups is 1. The molecule has 4 rings (SSSR count). The first-order chi connectivity index (χ1) is 14.8. The lowest BCUT2D eigenvalue weighted by molar-refractivity contribution is -0.133. The average molecular weight is 508 g/mol. The minimum Gasteiger partial charge on any atom is -0.387 e. The van der Waals surface area contributed by atoms with Crippen LogP contribution < -0.4 is 10.2 Å². The number of fused-ring (bicyclic) bond motifs is 1. The fourth-order valence-electron chi connectivity index (χ4n) is 4.49. The van der Waals surface area contributed by atoms with E-state index in [9.17, 15) is 9.90 Å². The van der Waals surface area contributed by atoms with Gasteiger partial charge in [0.15, 0.2) is 0 Å². The number of hydrogen-bond donors (Lipinski definition) is 2. The lowest BCUT2D eigenvalue weighted by Gasteiger charge is -2.38. The number of rotatable bonds is 6. The van der Waals surface area contributed by atoms with Gasteiger partial charge in [0.2, 0.25) is 5.91 Å². The molecule has 1 aliphatic heterocycles. The number of anilines is 1. The van der Waals surface area contributed by atoms with Crippen molar-refractivity contribution in [1.29, 1.82) is 0 Å². The van der Waals surface area contributed by atoms with Gasteiger partial charge in [-0.25, -0.2) is 9.97 Å². The molecule has 2 unspecified atom stereocenters. The molecule has 1 aliphatic carbocycles. The van der Waals surface area contributed by atoms with Crippen LogP contribution in [-0.4, -0.2) is 64.6 Å². The SMILES string of the molecule is CC(C)NCC(C(=O)N1CCN(c2ncnc3c2[C@H](C)CC3O)CC1)c1ccc(Br)s1. The van der Waals surface area contributed by atoms with Gasteiger partial charge >= 0.3 is 0 Å². The lowest BCUT2D eigenvalue weighted by Crippen LogP contribution is -2.51. The quantitative estimate of drug-likeness (QED) is 0.624. The predicted octanol–water partition coefficient (Wildman–Crippen LogP) is 3.27. The number of hydrogen-bond acceptors (Lipinski definition) is 7. The topological polar surface area (TPSA) is 81.6 Å². The van der Waals surface area contributed by atoms with Gasteiger partial charge in [0, 0.05) is 49.2 Å². The summed E-state index contributed by atoms with van der Waals surface area (Å²) in [7, 11) is 0. The van der Waals surface area contributed by atoms with Crippen molar-refractivity contribution in [2.24, 2.45) is 0 Å². The van der Waals surface area contributed by atoms with E-state index in [0.29, 0.717) is 32.1 Å². The van der Waals surface area contributed by atoms with Gasteiger partial charge in [-0.15, -0.1) is 11.3 Å². The smallest absolute Gasteiger partial charge is 0.232 e. The molecule has 0 radical (unpaired) electrons. The summed E-state index contributed by atoms with van der Waals surface area (Å²) in [6.45, 7) is 9.75. The maximum atomic E-state index is 13.4. The molecule has 0 saturated carbocycles. The van der Waals surface area contributed by atoms with Crippen LogP contribution in [0.2, 0.25) is 0 Å². The van der Waals surface area contributed by atoms with E-state index in [1.165, 1.54) is 0 Å². The Hall–Kier alpha value is -1.55. The van der Waals surface area contributed by atoms with E-state index >= 15 is 0 Å². The first-order valence-electron chi connectivity index (χ1n) is 10.9. The highest BCUT2D eigenvalue weighted by atomic mass is 79.9. The molecule has 0 aromatic carbocycles. The maximum Gasteiger partial charge on any atom is 0.232 e. The van der Waals surface area contributed by atoms with Crippen LogP contribution in [0.1, 0.15) is 61.3 Å².